The molecule has 3 heteroatoms. The van der Waals surface area contributed by atoms with Crippen LogP contribution in [0.4, 0.5) is 5.69 Å². The van der Waals surface area contributed by atoms with Crippen molar-refractivity contribution >= 4 is 5.69 Å². The van der Waals surface area contributed by atoms with Gasteiger partial charge in [0.1, 0.15) is 0 Å². The highest BCUT2D eigenvalue weighted by molar-refractivity contribution is 5.37. The SMILES string of the molecule is CCC(CC)N(C)Cc1cc(N)ccn1. The number of anilines is 1. The van der Waals surface area contributed by atoms with Crippen LogP contribution in [0.5, 0.6) is 0 Å². The Morgan fingerprint density at radius 2 is 2.07 bits per heavy atom. The number of rotatable bonds is 5. The van der Waals surface area contributed by atoms with Crippen LogP contribution in [-0.4, -0.2) is 23.0 Å². The van der Waals surface area contributed by atoms with Gasteiger partial charge in [0.15, 0.2) is 0 Å². The maximum atomic E-state index is 5.72. The van der Waals surface area contributed by atoms with Crippen LogP contribution in [0.15, 0.2) is 18.3 Å². The first-order valence-electron chi connectivity index (χ1n) is 5.58. The summed E-state index contributed by atoms with van der Waals surface area (Å²) < 4.78 is 0. The van der Waals surface area contributed by atoms with E-state index in [9.17, 15) is 0 Å². The Morgan fingerprint density at radius 3 is 2.60 bits per heavy atom. The van der Waals surface area contributed by atoms with E-state index >= 15 is 0 Å². The quantitative estimate of drug-likeness (QED) is 0.805. The molecule has 3 nitrogen and oxygen atoms in total. The molecule has 84 valence electrons. The lowest BCUT2D eigenvalue weighted by molar-refractivity contribution is 0.219. The van der Waals surface area contributed by atoms with Crippen LogP contribution in [0.2, 0.25) is 0 Å². The highest BCUT2D eigenvalue weighted by atomic mass is 15.1. The first-order valence-corrected chi connectivity index (χ1v) is 5.58. The van der Waals surface area contributed by atoms with Crippen LogP contribution in [0.25, 0.3) is 0 Å². The highest BCUT2D eigenvalue weighted by Gasteiger charge is 2.10. The van der Waals surface area contributed by atoms with Gasteiger partial charge in [-0.3, -0.25) is 9.88 Å². The lowest BCUT2D eigenvalue weighted by atomic mass is 10.1. The van der Waals surface area contributed by atoms with E-state index in [1.165, 1.54) is 12.8 Å². The third-order valence-corrected chi connectivity index (χ3v) is 2.82. The van der Waals surface area contributed by atoms with Gasteiger partial charge < -0.3 is 5.73 Å². The molecule has 0 saturated carbocycles. The van der Waals surface area contributed by atoms with Gasteiger partial charge in [-0.2, -0.15) is 0 Å². The largest absolute Gasteiger partial charge is 0.399 e. The van der Waals surface area contributed by atoms with Crippen LogP contribution < -0.4 is 5.73 Å². The number of hydrogen-bond donors (Lipinski definition) is 1. The summed E-state index contributed by atoms with van der Waals surface area (Å²) >= 11 is 0. The van der Waals surface area contributed by atoms with E-state index < -0.39 is 0 Å². The first-order chi connectivity index (χ1) is 7.17. The fourth-order valence-electron chi connectivity index (χ4n) is 1.88. The Balaban J connectivity index is 2.61. The van der Waals surface area contributed by atoms with Gasteiger partial charge in [-0.25, -0.2) is 0 Å². The van der Waals surface area contributed by atoms with Gasteiger partial charge in [0.2, 0.25) is 0 Å². The zero-order chi connectivity index (χ0) is 11.3. The van der Waals surface area contributed by atoms with Crippen molar-refractivity contribution in [2.45, 2.75) is 39.3 Å². The maximum Gasteiger partial charge on any atom is 0.0564 e. The number of pyridine rings is 1. The molecule has 0 aliphatic carbocycles. The molecule has 1 aromatic heterocycles. The van der Waals surface area contributed by atoms with Gasteiger partial charge in [-0.05, 0) is 32.0 Å². The van der Waals surface area contributed by atoms with E-state index in [2.05, 4.69) is 30.8 Å². The molecule has 0 aliphatic heterocycles. The number of hydrogen-bond acceptors (Lipinski definition) is 3. The van der Waals surface area contributed by atoms with Crippen LogP contribution in [-0.2, 0) is 6.54 Å². The second kappa shape index (κ2) is 5.71. The van der Waals surface area contributed by atoms with Gasteiger partial charge in [-0.1, -0.05) is 13.8 Å². The van der Waals surface area contributed by atoms with Crippen molar-refractivity contribution in [2.24, 2.45) is 0 Å². The normalized spacial score (nSPS) is 11.3. The molecule has 0 aromatic carbocycles. The number of aromatic nitrogens is 1. The number of nitrogens with zero attached hydrogens (tertiary/aromatic N) is 2. The Morgan fingerprint density at radius 1 is 1.40 bits per heavy atom. The molecule has 0 radical (unpaired) electrons. The summed E-state index contributed by atoms with van der Waals surface area (Å²) in [4.78, 5) is 6.64. The van der Waals surface area contributed by atoms with E-state index in [0.29, 0.717) is 6.04 Å². The molecule has 0 aliphatic rings. The zero-order valence-electron chi connectivity index (χ0n) is 9.90. The van der Waals surface area contributed by atoms with E-state index in [0.717, 1.165) is 17.9 Å². The molecule has 0 bridgehead atoms. The van der Waals surface area contributed by atoms with Crippen LogP contribution in [0.1, 0.15) is 32.4 Å². The maximum absolute atomic E-state index is 5.72. The molecular weight excluding hydrogens is 186 g/mol. The van der Waals surface area contributed by atoms with Gasteiger partial charge in [0.05, 0.1) is 5.69 Å². The molecule has 0 fully saturated rings. The second-order valence-electron chi connectivity index (χ2n) is 3.97. The second-order valence-corrected chi connectivity index (χ2v) is 3.97. The molecule has 1 heterocycles. The fraction of sp³-hybridized carbons (Fsp3) is 0.583. The Bertz CT molecular complexity index is 295. The summed E-state index contributed by atoms with van der Waals surface area (Å²) in [5.74, 6) is 0. The standard InChI is InChI=1S/C12H21N3/c1-4-12(5-2)15(3)9-11-8-10(13)6-7-14-11/h6-8,12H,4-5,9H2,1-3H3,(H2,13,14). The van der Waals surface area contributed by atoms with Crippen molar-refractivity contribution in [3.63, 3.8) is 0 Å². The van der Waals surface area contributed by atoms with Crippen LogP contribution in [0.3, 0.4) is 0 Å². The van der Waals surface area contributed by atoms with E-state index in [4.69, 9.17) is 5.73 Å². The molecule has 0 unspecified atom stereocenters. The van der Waals surface area contributed by atoms with Gasteiger partial charge >= 0.3 is 0 Å². The minimum absolute atomic E-state index is 0.633. The average Bonchev–Trinajstić information content (AvgIpc) is 2.19. The van der Waals surface area contributed by atoms with Crippen molar-refractivity contribution < 1.29 is 0 Å². The molecular formula is C12H21N3. The summed E-state index contributed by atoms with van der Waals surface area (Å²) in [6.45, 7) is 5.31. The zero-order valence-corrected chi connectivity index (χ0v) is 9.90. The van der Waals surface area contributed by atoms with E-state index in [1.54, 1.807) is 6.20 Å². The van der Waals surface area contributed by atoms with Gasteiger partial charge in [0.25, 0.3) is 0 Å². The molecule has 1 aromatic rings. The third-order valence-electron chi connectivity index (χ3n) is 2.82. The molecule has 0 amide bonds. The molecule has 0 saturated heterocycles. The topological polar surface area (TPSA) is 42.1 Å². The summed E-state index contributed by atoms with van der Waals surface area (Å²) in [6.07, 6.45) is 4.12. The monoisotopic (exact) mass is 207 g/mol. The third kappa shape index (κ3) is 3.51. The highest BCUT2D eigenvalue weighted by Crippen LogP contribution is 2.11. The molecule has 0 spiro atoms. The van der Waals surface area contributed by atoms with Crippen molar-refractivity contribution in [3.8, 4) is 0 Å². The number of nitrogen functional groups attached to an aromatic ring is 1. The number of nitrogens with two attached hydrogens (primary N) is 1. The van der Waals surface area contributed by atoms with Crippen molar-refractivity contribution in [3.05, 3.63) is 24.0 Å². The lowest BCUT2D eigenvalue weighted by Gasteiger charge is -2.25. The van der Waals surface area contributed by atoms with Crippen LogP contribution >= 0.6 is 0 Å². The predicted octanol–water partition coefficient (Wildman–Crippen LogP) is 2.28. The predicted molar refractivity (Wildman–Crippen MR) is 64.5 cm³/mol. The Kier molecular flexibility index (Phi) is 4.56. The van der Waals surface area contributed by atoms with Gasteiger partial charge in [-0.15, -0.1) is 0 Å². The molecule has 1 rings (SSSR count). The van der Waals surface area contributed by atoms with Crippen LogP contribution in [0, 0.1) is 0 Å². The summed E-state index contributed by atoms with van der Waals surface area (Å²) in [6, 6.07) is 4.40. The fourth-order valence-corrected chi connectivity index (χ4v) is 1.88. The summed E-state index contributed by atoms with van der Waals surface area (Å²) in [7, 11) is 2.14. The molecule has 15 heavy (non-hydrogen) atoms. The van der Waals surface area contributed by atoms with E-state index in [1.807, 2.05) is 12.1 Å². The first kappa shape index (κ1) is 12.0. The summed E-state index contributed by atoms with van der Waals surface area (Å²) in [5.41, 5.74) is 7.55. The Labute approximate surface area is 92.3 Å². The summed E-state index contributed by atoms with van der Waals surface area (Å²) in [5, 5.41) is 0. The minimum atomic E-state index is 0.633. The smallest absolute Gasteiger partial charge is 0.0564 e. The van der Waals surface area contributed by atoms with E-state index in [-0.39, 0.29) is 0 Å². The molecule has 2 N–H and O–H groups in total. The Hall–Kier alpha value is -1.09. The minimum Gasteiger partial charge on any atom is -0.399 e. The van der Waals surface area contributed by atoms with Crippen molar-refractivity contribution in [2.75, 3.05) is 12.8 Å². The lowest BCUT2D eigenvalue weighted by Crippen LogP contribution is -2.30. The van der Waals surface area contributed by atoms with Crippen molar-refractivity contribution in [1.29, 1.82) is 0 Å². The molecule has 0 atom stereocenters. The average molecular weight is 207 g/mol. The van der Waals surface area contributed by atoms with Gasteiger partial charge in [0, 0.05) is 24.5 Å². The van der Waals surface area contributed by atoms with Crippen molar-refractivity contribution in [1.82, 2.24) is 9.88 Å².